The van der Waals surface area contributed by atoms with Gasteiger partial charge in [-0.25, -0.2) is 0 Å². The van der Waals surface area contributed by atoms with Crippen molar-refractivity contribution in [2.75, 3.05) is 6.61 Å². The number of aliphatic imine (C=N–C) groups is 1. The second kappa shape index (κ2) is 4.77. The molecule has 0 saturated heterocycles. The molecule has 0 aromatic heterocycles. The van der Waals surface area contributed by atoms with Gasteiger partial charge in [0.05, 0.1) is 11.4 Å². The van der Waals surface area contributed by atoms with Crippen LogP contribution in [0.3, 0.4) is 0 Å². The molecule has 0 bridgehead atoms. The van der Waals surface area contributed by atoms with Gasteiger partial charge < -0.3 is 4.74 Å². The summed E-state index contributed by atoms with van der Waals surface area (Å²) < 4.78 is 42.7. The molecule has 2 aliphatic rings. The monoisotopic (exact) mass is 343 g/mol. The molecule has 2 nitrogen and oxygen atoms in total. The Morgan fingerprint density at radius 1 is 1.30 bits per heavy atom. The molecule has 0 amide bonds. The van der Waals surface area contributed by atoms with E-state index in [1.807, 2.05) is 18.2 Å². The average Bonchev–Trinajstić information content (AvgIpc) is 2.75. The van der Waals surface area contributed by atoms with Gasteiger partial charge in [-0.3, -0.25) is 4.99 Å². The summed E-state index contributed by atoms with van der Waals surface area (Å²) in [5.74, 6) is 0.220. The number of nitrogens with zero attached hydrogens (tertiary/aromatic N) is 1. The van der Waals surface area contributed by atoms with Gasteiger partial charge in [-0.05, 0) is 18.2 Å². The standard InChI is InChI=1S/C14H9BrF3NO/c15-8-3-1-4-9-12(8)13-10(19-9)5-2-6-11(13)20-7-14(16,17)18/h1-4,6H,5,7H2. The van der Waals surface area contributed by atoms with E-state index in [1.165, 1.54) is 0 Å². The van der Waals surface area contributed by atoms with Crippen LogP contribution in [0.25, 0.3) is 5.57 Å². The zero-order chi connectivity index (χ0) is 14.3. The largest absolute Gasteiger partial charge is 0.483 e. The summed E-state index contributed by atoms with van der Waals surface area (Å²) >= 11 is 3.42. The zero-order valence-corrected chi connectivity index (χ0v) is 11.8. The predicted molar refractivity (Wildman–Crippen MR) is 73.9 cm³/mol. The topological polar surface area (TPSA) is 21.6 Å². The van der Waals surface area contributed by atoms with Crippen LogP contribution >= 0.6 is 15.9 Å². The molecule has 0 atom stereocenters. The second-order valence-electron chi connectivity index (χ2n) is 4.44. The average molecular weight is 344 g/mol. The summed E-state index contributed by atoms with van der Waals surface area (Å²) in [5.41, 5.74) is 2.94. The van der Waals surface area contributed by atoms with Crippen LogP contribution < -0.4 is 0 Å². The molecule has 0 radical (unpaired) electrons. The van der Waals surface area contributed by atoms with E-state index in [-0.39, 0.29) is 5.76 Å². The molecule has 104 valence electrons. The number of rotatable bonds is 2. The lowest BCUT2D eigenvalue weighted by atomic mass is 9.96. The number of benzene rings is 1. The summed E-state index contributed by atoms with van der Waals surface area (Å²) in [5, 5.41) is 0. The summed E-state index contributed by atoms with van der Waals surface area (Å²) in [4.78, 5) is 4.45. The van der Waals surface area contributed by atoms with Crippen LogP contribution in [0.4, 0.5) is 18.9 Å². The molecule has 1 aromatic carbocycles. The SMILES string of the molecule is FC(F)(F)COC1=C2C(=Nc3cccc(Br)c32)CC=C1. The number of hydrogen-bond donors (Lipinski definition) is 0. The van der Waals surface area contributed by atoms with Crippen LogP contribution in [-0.4, -0.2) is 18.5 Å². The van der Waals surface area contributed by atoms with Gasteiger partial charge in [-0.2, -0.15) is 13.2 Å². The van der Waals surface area contributed by atoms with Crippen LogP contribution in [0.5, 0.6) is 0 Å². The minimum Gasteiger partial charge on any atom is -0.483 e. The first-order valence-electron chi connectivity index (χ1n) is 5.93. The third-order valence-corrected chi connectivity index (χ3v) is 3.66. The van der Waals surface area contributed by atoms with E-state index in [1.54, 1.807) is 12.2 Å². The molecule has 0 unspecified atom stereocenters. The lowest BCUT2D eigenvalue weighted by molar-refractivity contribution is -0.163. The van der Waals surface area contributed by atoms with Crippen LogP contribution in [0.2, 0.25) is 0 Å². The summed E-state index contributed by atoms with van der Waals surface area (Å²) in [6.07, 6.45) is -0.427. The Morgan fingerprint density at radius 2 is 2.10 bits per heavy atom. The molecule has 1 aliphatic heterocycles. The van der Waals surface area contributed by atoms with Crippen molar-refractivity contribution in [3.63, 3.8) is 0 Å². The fourth-order valence-electron chi connectivity index (χ4n) is 2.25. The van der Waals surface area contributed by atoms with E-state index >= 15 is 0 Å². The Balaban J connectivity index is 2.04. The lowest BCUT2D eigenvalue weighted by Crippen LogP contribution is -2.18. The molecular formula is C14H9BrF3NO. The quantitative estimate of drug-likeness (QED) is 0.756. The van der Waals surface area contributed by atoms with E-state index in [0.717, 1.165) is 21.4 Å². The summed E-state index contributed by atoms with van der Waals surface area (Å²) in [6, 6.07) is 5.51. The van der Waals surface area contributed by atoms with Crippen LogP contribution in [0.15, 0.2) is 45.6 Å². The molecule has 3 rings (SSSR count). The molecular weight excluding hydrogens is 335 g/mol. The number of fused-ring (bicyclic) bond motifs is 3. The van der Waals surface area contributed by atoms with Crippen LogP contribution in [0, 0.1) is 0 Å². The van der Waals surface area contributed by atoms with E-state index in [0.29, 0.717) is 12.0 Å². The normalized spacial score (nSPS) is 16.9. The molecule has 1 aromatic rings. The molecule has 20 heavy (non-hydrogen) atoms. The van der Waals surface area contributed by atoms with Crippen molar-refractivity contribution in [2.45, 2.75) is 12.6 Å². The number of hydrogen-bond acceptors (Lipinski definition) is 2. The maximum absolute atomic E-state index is 12.3. The van der Waals surface area contributed by atoms with Gasteiger partial charge in [0, 0.05) is 22.0 Å². The van der Waals surface area contributed by atoms with Gasteiger partial charge in [-0.1, -0.05) is 28.1 Å². The highest BCUT2D eigenvalue weighted by molar-refractivity contribution is 9.10. The van der Waals surface area contributed by atoms with Crippen LogP contribution in [0.1, 0.15) is 12.0 Å². The van der Waals surface area contributed by atoms with Gasteiger partial charge in [0.25, 0.3) is 0 Å². The van der Waals surface area contributed by atoms with Crippen LogP contribution in [-0.2, 0) is 4.74 Å². The summed E-state index contributed by atoms with van der Waals surface area (Å²) in [6.45, 7) is -1.30. The van der Waals surface area contributed by atoms with Gasteiger partial charge in [0.2, 0.25) is 0 Å². The molecule has 1 aliphatic carbocycles. The first-order valence-corrected chi connectivity index (χ1v) is 6.72. The highest BCUT2D eigenvalue weighted by Gasteiger charge is 2.32. The van der Waals surface area contributed by atoms with Gasteiger partial charge >= 0.3 is 6.18 Å². The van der Waals surface area contributed by atoms with Gasteiger partial charge in [-0.15, -0.1) is 0 Å². The van der Waals surface area contributed by atoms with Gasteiger partial charge in [0.1, 0.15) is 5.76 Å². The first-order chi connectivity index (χ1) is 9.46. The van der Waals surface area contributed by atoms with Crippen molar-refractivity contribution in [1.29, 1.82) is 0 Å². The maximum Gasteiger partial charge on any atom is 0.422 e. The fourth-order valence-corrected chi connectivity index (χ4v) is 2.81. The molecule has 6 heteroatoms. The molecule has 0 saturated carbocycles. The number of allylic oxidation sites excluding steroid dienone is 3. The van der Waals surface area contributed by atoms with Crippen molar-refractivity contribution in [2.24, 2.45) is 4.99 Å². The fraction of sp³-hybridized carbons (Fsp3) is 0.214. The third kappa shape index (κ3) is 2.40. The second-order valence-corrected chi connectivity index (χ2v) is 5.30. The Labute approximate surface area is 121 Å². The van der Waals surface area contributed by atoms with Crippen molar-refractivity contribution >= 4 is 32.9 Å². The number of halogens is 4. The third-order valence-electron chi connectivity index (χ3n) is 3.00. The van der Waals surface area contributed by atoms with Crippen molar-refractivity contribution in [3.8, 4) is 0 Å². The molecule has 0 fully saturated rings. The van der Waals surface area contributed by atoms with E-state index in [2.05, 4.69) is 20.9 Å². The first kappa shape index (κ1) is 13.4. The Kier molecular flexibility index (Phi) is 3.20. The number of alkyl halides is 3. The Morgan fingerprint density at radius 3 is 2.85 bits per heavy atom. The van der Waals surface area contributed by atoms with Gasteiger partial charge in [0.15, 0.2) is 6.61 Å². The van der Waals surface area contributed by atoms with Crippen molar-refractivity contribution in [3.05, 3.63) is 46.1 Å². The zero-order valence-electron chi connectivity index (χ0n) is 10.2. The minimum absolute atomic E-state index is 0.220. The lowest BCUT2D eigenvalue weighted by Gasteiger charge is -2.17. The van der Waals surface area contributed by atoms with E-state index < -0.39 is 12.8 Å². The van der Waals surface area contributed by atoms with Crippen molar-refractivity contribution in [1.82, 2.24) is 0 Å². The molecule has 1 heterocycles. The molecule has 0 N–H and O–H groups in total. The summed E-state index contributed by atoms with van der Waals surface area (Å²) in [7, 11) is 0. The molecule has 0 spiro atoms. The predicted octanol–water partition coefficient (Wildman–Crippen LogP) is 4.79. The maximum atomic E-state index is 12.3. The minimum atomic E-state index is -4.36. The Hall–Kier alpha value is -1.56. The Bertz CT molecular complexity index is 659. The van der Waals surface area contributed by atoms with E-state index in [4.69, 9.17) is 4.74 Å². The highest BCUT2D eigenvalue weighted by Crippen LogP contribution is 2.43. The number of ether oxygens (including phenoxy) is 1. The van der Waals surface area contributed by atoms with E-state index in [9.17, 15) is 13.2 Å². The van der Waals surface area contributed by atoms with Crippen molar-refractivity contribution < 1.29 is 17.9 Å². The smallest absolute Gasteiger partial charge is 0.422 e. The highest BCUT2D eigenvalue weighted by atomic mass is 79.9.